The Hall–Kier alpha value is -2.41. The molecule has 0 saturated heterocycles. The molecule has 1 aromatic heterocycles. The first kappa shape index (κ1) is 18.4. The largest absolute Gasteiger partial charge is 0.395 e. The molecule has 2 aromatic rings. The minimum atomic E-state index is -0.368. The average Bonchev–Trinajstić information content (AvgIpc) is 3.04. The fraction of sp³-hybridized carbons (Fsp3) is 0.421. The molecule has 1 heterocycles. The number of amides is 2. The predicted octanol–water partition coefficient (Wildman–Crippen LogP) is 2.96. The molecular formula is C19H24N4O2S. The van der Waals surface area contributed by atoms with Gasteiger partial charge < -0.3 is 16.4 Å². The number of anilines is 1. The van der Waals surface area contributed by atoms with E-state index in [1.54, 1.807) is 0 Å². The zero-order valence-corrected chi connectivity index (χ0v) is 15.6. The Labute approximate surface area is 157 Å². The molecule has 138 valence electrons. The van der Waals surface area contributed by atoms with Crippen molar-refractivity contribution in [2.45, 2.75) is 45.2 Å². The summed E-state index contributed by atoms with van der Waals surface area (Å²) in [4.78, 5) is 25.2. The van der Waals surface area contributed by atoms with E-state index in [0.29, 0.717) is 17.3 Å². The van der Waals surface area contributed by atoms with Gasteiger partial charge in [-0.15, -0.1) is 0 Å². The van der Waals surface area contributed by atoms with Crippen LogP contribution in [0.15, 0.2) is 30.3 Å². The second-order valence-corrected chi connectivity index (χ2v) is 7.56. The number of nitrogens with two attached hydrogens (primary N) is 1. The third-order valence-corrected chi connectivity index (χ3v) is 5.73. The van der Waals surface area contributed by atoms with Gasteiger partial charge in [-0.2, -0.15) is 4.37 Å². The highest BCUT2D eigenvalue weighted by atomic mass is 32.1. The van der Waals surface area contributed by atoms with Gasteiger partial charge in [0.25, 0.3) is 11.8 Å². The zero-order valence-electron chi connectivity index (χ0n) is 14.8. The van der Waals surface area contributed by atoms with Crippen LogP contribution in [0.25, 0.3) is 0 Å². The Bertz CT molecular complexity index is 775. The Balaban J connectivity index is 1.63. The Kier molecular flexibility index (Phi) is 5.88. The van der Waals surface area contributed by atoms with E-state index in [1.807, 2.05) is 30.3 Å². The lowest BCUT2D eigenvalue weighted by atomic mass is 9.86. The molecule has 7 heteroatoms. The van der Waals surface area contributed by atoms with E-state index < -0.39 is 0 Å². The van der Waals surface area contributed by atoms with Gasteiger partial charge in [0.1, 0.15) is 4.88 Å². The van der Waals surface area contributed by atoms with E-state index in [9.17, 15) is 9.59 Å². The molecule has 0 unspecified atom stereocenters. The van der Waals surface area contributed by atoms with E-state index in [1.165, 1.54) is 6.42 Å². The van der Waals surface area contributed by atoms with Gasteiger partial charge in [0.2, 0.25) is 0 Å². The Morgan fingerprint density at radius 1 is 1.19 bits per heavy atom. The number of carbonyl (C=O) groups is 2. The van der Waals surface area contributed by atoms with E-state index in [0.717, 1.165) is 36.4 Å². The van der Waals surface area contributed by atoms with Crippen molar-refractivity contribution in [3.05, 3.63) is 46.5 Å². The summed E-state index contributed by atoms with van der Waals surface area (Å²) in [6.07, 6.45) is 4.44. The average molecular weight is 372 g/mol. The number of carbonyl (C=O) groups excluding carboxylic acids is 2. The quantitative estimate of drug-likeness (QED) is 0.752. The molecule has 1 fully saturated rings. The van der Waals surface area contributed by atoms with Crippen LogP contribution < -0.4 is 16.4 Å². The SMILES string of the molecule is C[C@H]1CCCC[C@H]1NC(=O)c1snc(C(=O)NCc2ccccc2)c1N. The summed E-state index contributed by atoms with van der Waals surface area (Å²) in [5.74, 6) is -0.149. The van der Waals surface area contributed by atoms with Crippen molar-refractivity contribution in [1.82, 2.24) is 15.0 Å². The smallest absolute Gasteiger partial charge is 0.273 e. The van der Waals surface area contributed by atoms with Crippen molar-refractivity contribution >= 4 is 29.0 Å². The lowest BCUT2D eigenvalue weighted by molar-refractivity contribution is 0.0915. The number of benzene rings is 1. The number of nitrogen functional groups attached to an aromatic ring is 1. The van der Waals surface area contributed by atoms with Gasteiger partial charge in [-0.1, -0.05) is 50.1 Å². The lowest BCUT2D eigenvalue weighted by Crippen LogP contribution is -2.41. The van der Waals surface area contributed by atoms with E-state index in [4.69, 9.17) is 5.73 Å². The molecule has 2 amide bonds. The molecule has 0 aliphatic heterocycles. The molecule has 0 spiro atoms. The standard InChI is InChI=1S/C19H24N4O2S/c1-12-7-5-6-10-14(12)22-19(25)17-15(20)16(23-26-17)18(24)21-11-13-8-3-2-4-9-13/h2-4,8-9,12,14H,5-7,10-11,20H2,1H3,(H,21,24)(H,22,25)/t12-,14+/m0/s1. The molecule has 1 aromatic carbocycles. The first-order valence-electron chi connectivity index (χ1n) is 8.94. The van der Waals surface area contributed by atoms with Crippen molar-refractivity contribution in [1.29, 1.82) is 0 Å². The van der Waals surface area contributed by atoms with Crippen LogP contribution in [0.3, 0.4) is 0 Å². The summed E-state index contributed by atoms with van der Waals surface area (Å²) in [6, 6.07) is 9.75. The number of hydrogen-bond acceptors (Lipinski definition) is 5. The maximum atomic E-state index is 12.5. The van der Waals surface area contributed by atoms with Crippen LogP contribution in [0.1, 0.15) is 58.3 Å². The molecule has 3 rings (SSSR count). The molecule has 4 N–H and O–H groups in total. The van der Waals surface area contributed by atoms with Crippen LogP contribution in [-0.2, 0) is 6.54 Å². The normalized spacial score (nSPS) is 19.7. The van der Waals surface area contributed by atoms with Gasteiger partial charge in [-0.05, 0) is 35.9 Å². The van der Waals surface area contributed by atoms with Gasteiger partial charge in [0.15, 0.2) is 5.69 Å². The minimum Gasteiger partial charge on any atom is -0.395 e. The Morgan fingerprint density at radius 3 is 2.65 bits per heavy atom. The lowest BCUT2D eigenvalue weighted by Gasteiger charge is -2.29. The Morgan fingerprint density at radius 2 is 1.92 bits per heavy atom. The van der Waals surface area contributed by atoms with E-state index in [2.05, 4.69) is 21.9 Å². The van der Waals surface area contributed by atoms with Crippen molar-refractivity contribution < 1.29 is 9.59 Å². The highest BCUT2D eigenvalue weighted by molar-refractivity contribution is 7.09. The van der Waals surface area contributed by atoms with Crippen LogP contribution in [0, 0.1) is 5.92 Å². The number of aromatic nitrogens is 1. The van der Waals surface area contributed by atoms with Crippen LogP contribution >= 0.6 is 11.5 Å². The van der Waals surface area contributed by atoms with Crippen LogP contribution in [0.5, 0.6) is 0 Å². The first-order valence-corrected chi connectivity index (χ1v) is 9.71. The molecule has 1 aliphatic rings. The van der Waals surface area contributed by atoms with E-state index >= 15 is 0 Å². The first-order chi connectivity index (χ1) is 12.6. The van der Waals surface area contributed by atoms with Crippen LogP contribution in [0.2, 0.25) is 0 Å². The molecule has 1 aliphatic carbocycles. The monoisotopic (exact) mass is 372 g/mol. The van der Waals surface area contributed by atoms with Crippen molar-refractivity contribution in [2.24, 2.45) is 5.92 Å². The number of nitrogens with zero attached hydrogens (tertiary/aromatic N) is 1. The summed E-state index contributed by atoms with van der Waals surface area (Å²) in [5.41, 5.74) is 7.30. The predicted molar refractivity (Wildman–Crippen MR) is 103 cm³/mol. The third kappa shape index (κ3) is 4.22. The second kappa shape index (κ2) is 8.31. The fourth-order valence-corrected chi connectivity index (χ4v) is 3.95. The highest BCUT2D eigenvalue weighted by Gasteiger charge is 2.27. The molecule has 26 heavy (non-hydrogen) atoms. The summed E-state index contributed by atoms with van der Waals surface area (Å²) < 4.78 is 4.10. The molecule has 0 bridgehead atoms. The molecule has 1 saturated carbocycles. The van der Waals surface area contributed by atoms with Crippen molar-refractivity contribution in [2.75, 3.05) is 5.73 Å². The molecular weight excluding hydrogens is 348 g/mol. The minimum absolute atomic E-state index is 0.118. The molecule has 2 atom stereocenters. The topological polar surface area (TPSA) is 97.1 Å². The third-order valence-electron chi connectivity index (χ3n) is 4.87. The van der Waals surface area contributed by atoms with Crippen LogP contribution in [-0.4, -0.2) is 22.2 Å². The second-order valence-electron chi connectivity index (χ2n) is 6.78. The summed E-state index contributed by atoms with van der Waals surface area (Å²) in [6.45, 7) is 2.54. The molecule has 6 nitrogen and oxygen atoms in total. The fourth-order valence-electron chi connectivity index (χ4n) is 3.25. The van der Waals surface area contributed by atoms with Gasteiger partial charge in [-0.3, -0.25) is 9.59 Å². The van der Waals surface area contributed by atoms with Gasteiger partial charge >= 0.3 is 0 Å². The number of hydrogen-bond donors (Lipinski definition) is 3. The zero-order chi connectivity index (χ0) is 18.5. The highest BCUT2D eigenvalue weighted by Crippen LogP contribution is 2.26. The van der Waals surface area contributed by atoms with Crippen molar-refractivity contribution in [3.63, 3.8) is 0 Å². The van der Waals surface area contributed by atoms with E-state index in [-0.39, 0.29) is 29.2 Å². The summed E-state index contributed by atoms with van der Waals surface area (Å²) in [7, 11) is 0. The maximum Gasteiger partial charge on any atom is 0.273 e. The van der Waals surface area contributed by atoms with Crippen LogP contribution in [0.4, 0.5) is 5.69 Å². The van der Waals surface area contributed by atoms with Gasteiger partial charge in [0, 0.05) is 12.6 Å². The molecule has 0 radical (unpaired) electrons. The number of rotatable bonds is 5. The van der Waals surface area contributed by atoms with Gasteiger partial charge in [0.05, 0.1) is 5.69 Å². The maximum absolute atomic E-state index is 12.5. The van der Waals surface area contributed by atoms with Crippen molar-refractivity contribution in [3.8, 4) is 0 Å². The summed E-state index contributed by atoms with van der Waals surface area (Å²) >= 11 is 0.976. The van der Waals surface area contributed by atoms with Gasteiger partial charge in [-0.25, -0.2) is 0 Å². The number of nitrogens with one attached hydrogen (secondary N) is 2. The summed E-state index contributed by atoms with van der Waals surface area (Å²) in [5, 5.41) is 5.85.